The van der Waals surface area contributed by atoms with E-state index in [2.05, 4.69) is 33.7 Å². The first kappa shape index (κ1) is 100. The smallest absolute Gasteiger partial charge is 0.416 e. The maximum atomic E-state index is 13.2. The largest absolute Gasteiger partial charge is 0.444 e. The summed E-state index contributed by atoms with van der Waals surface area (Å²) in [6.07, 6.45) is -19.7. The third-order valence-corrected chi connectivity index (χ3v) is 24.9. The molecule has 2 N–H and O–H groups in total. The fourth-order valence-electron chi connectivity index (χ4n) is 15.8. The van der Waals surface area contributed by atoms with Crippen LogP contribution in [0.4, 0.5) is 92.9 Å². The number of carbonyl (C=O) groups is 2. The molecule has 5 aromatic carbocycles. The second-order valence-electron chi connectivity index (χ2n) is 32.8. The van der Waals surface area contributed by atoms with Crippen LogP contribution < -0.4 is 25.3 Å². The van der Waals surface area contributed by atoms with Crippen molar-refractivity contribution in [2.24, 2.45) is 0 Å². The number of benzene rings is 5. The molecule has 24 nitrogen and oxygen atoms in total. The quantitative estimate of drug-likeness (QED) is 0.120. The zero-order valence-electron chi connectivity index (χ0n) is 73.1. The Morgan fingerprint density at radius 2 is 0.685 bits per heavy atom. The number of ether oxygens (including phenoxy) is 2. The van der Waals surface area contributed by atoms with E-state index in [-0.39, 0.29) is 27.7 Å². The van der Waals surface area contributed by atoms with E-state index in [1.165, 1.54) is 39.2 Å². The molecule has 4 aliphatic heterocycles. The number of rotatable bonds is 10. The van der Waals surface area contributed by atoms with E-state index in [1.807, 2.05) is 75.0 Å². The molecule has 5 aromatic heterocycles. The lowest BCUT2D eigenvalue weighted by Crippen LogP contribution is -2.50. The van der Waals surface area contributed by atoms with E-state index >= 15 is 0 Å². The summed E-state index contributed by atoms with van der Waals surface area (Å²) < 4.78 is 239. The van der Waals surface area contributed by atoms with Crippen molar-refractivity contribution < 1.29 is 93.3 Å². The number of nitrogens with one attached hydrogen (secondary N) is 2. The molecule has 1 aliphatic carbocycles. The van der Waals surface area contributed by atoms with Gasteiger partial charge in [0.1, 0.15) is 80.8 Å². The number of anilines is 3. The Morgan fingerprint density at radius 3 is 0.985 bits per heavy atom. The van der Waals surface area contributed by atoms with Crippen molar-refractivity contribution in [3.8, 4) is 30.3 Å². The standard InChI is InChI=1S/C21H25F3N4O2.C19H21F3N4O2S.C16H17F3N4.C12H8ClF3N2.C12H9F3N2.C9H18N2O2/c1-5-28-17-12-14(21(22,23)24)6-7-15(17)16(13-25)18(28)26-8-10-27(11-9-26)19(29)30-20(2,3)4;1-2-26-17-11-13(19(20,21)22)3-6-15(17)16(12-23)18(26)24-7-9-25(10-8-24)29(27,28)14-4-5-14;1-2-23-14-9-11(16(17,18)19)3-4-12(14)13(10-20)15(23)22-7-5-21-6-8-22;1-2-18-10-5-7(12(14,15)16)3-4-8(10)9(6-17)11(18)13;1-2-17-7-8(6-16)10-4-3-9(5-11(10)17)12(13,14)15;1-9(2,3)13-8(12)11-6-4-10-5-7-11/h6-7,12H,5,8-11H2,1-4H3;3,6,11,14H,2,4-5,7-10H2,1H3;3-4,9,21H,2,5-8H2,1H3;3-5H,2H2,1H3;3-5,7H,2H2,1H3;10H,4-7H2,1-3H3. The Kier molecular flexibility index (Phi) is 31.1. The van der Waals surface area contributed by atoms with Gasteiger partial charge in [0.25, 0.3) is 0 Å². The Bertz CT molecular complexity index is 6120. The van der Waals surface area contributed by atoms with Crippen LogP contribution in [-0.2, 0) is 83.1 Å². The van der Waals surface area contributed by atoms with Crippen molar-refractivity contribution in [3.05, 3.63) is 158 Å². The Morgan fingerprint density at radius 1 is 0.392 bits per heavy atom. The fraction of sp³-hybridized carbons (Fsp3) is 0.472. The highest BCUT2D eigenvalue weighted by Gasteiger charge is 2.43. The average molecular weight is 1870 g/mol. The zero-order valence-corrected chi connectivity index (χ0v) is 74.7. The van der Waals surface area contributed by atoms with Gasteiger partial charge >= 0.3 is 43.1 Å². The summed E-state index contributed by atoms with van der Waals surface area (Å²) in [4.78, 5) is 33.1. The summed E-state index contributed by atoms with van der Waals surface area (Å²) in [5, 5.41) is 55.8. The van der Waals surface area contributed by atoms with E-state index in [1.54, 1.807) is 57.4 Å². The number of fused-ring (bicyclic) bond motifs is 5. The SMILES string of the molecule is CC(C)(C)OC(=O)N1CCNCC1.CCn1c(Cl)c(C#N)c2ccc(C(F)(F)F)cc21.CCn1c(N2CCN(C(=O)OC(C)(C)C)CC2)c(C#N)c2ccc(C(F)(F)F)cc21.CCn1c(N2CCN(S(=O)(=O)C3CC3)CC2)c(C#N)c2ccc(C(F)(F)F)cc21.CCn1c(N2CCNCC2)c(C#N)c2ccc(C(F)(F)F)cc21.CCn1cc(C#N)c2ccc(C(F)(F)F)cc21. The van der Waals surface area contributed by atoms with Crippen LogP contribution in [0.2, 0.25) is 5.15 Å². The van der Waals surface area contributed by atoms with Crippen LogP contribution in [-0.4, -0.2) is 179 Å². The molecule has 5 aliphatic rings. The lowest BCUT2D eigenvalue weighted by atomic mass is 10.1. The fourth-order valence-corrected chi connectivity index (χ4v) is 17.9. The minimum atomic E-state index is -4.47. The predicted molar refractivity (Wildman–Crippen MR) is 463 cm³/mol. The second-order valence-corrected chi connectivity index (χ2v) is 35.4. The summed E-state index contributed by atoms with van der Waals surface area (Å²) in [5.74, 6) is 1.89. The number of nitriles is 5. The van der Waals surface area contributed by atoms with Gasteiger partial charge in [-0.1, -0.05) is 41.9 Å². The summed E-state index contributed by atoms with van der Waals surface area (Å²) in [7, 11) is -3.26. The highest BCUT2D eigenvalue weighted by atomic mass is 35.5. The Hall–Kier alpha value is -11.7. The number of piperazine rings is 4. The maximum absolute atomic E-state index is 13.2. The monoisotopic (exact) mass is 1870 g/mol. The highest BCUT2D eigenvalue weighted by molar-refractivity contribution is 7.90. The number of hydrogen-bond acceptors (Lipinski definition) is 16. The highest BCUT2D eigenvalue weighted by Crippen LogP contribution is 2.44. The normalized spacial score (nSPS) is 15.6. The molecule has 2 amide bonds. The van der Waals surface area contributed by atoms with E-state index in [0.717, 1.165) is 119 Å². The number of carbonyl (C=O) groups excluding carboxylic acids is 2. The van der Waals surface area contributed by atoms with Crippen molar-refractivity contribution in [2.45, 2.75) is 169 Å². The zero-order chi connectivity index (χ0) is 95.9. The molecule has 0 atom stereocenters. The molecule has 41 heteroatoms. The molecule has 0 radical (unpaired) electrons. The summed E-state index contributed by atoms with van der Waals surface area (Å²) in [6.45, 7) is 31.8. The van der Waals surface area contributed by atoms with Gasteiger partial charge in [0.05, 0.1) is 66.3 Å². The molecule has 698 valence electrons. The van der Waals surface area contributed by atoms with E-state index in [4.69, 9.17) is 31.6 Å². The van der Waals surface area contributed by atoms with Crippen molar-refractivity contribution >= 4 is 106 Å². The lowest BCUT2D eigenvalue weighted by molar-refractivity contribution is -0.138. The van der Waals surface area contributed by atoms with Gasteiger partial charge in [0.2, 0.25) is 10.0 Å². The van der Waals surface area contributed by atoms with Gasteiger partial charge in [-0.15, -0.1) is 0 Å². The number of hydrogen-bond donors (Lipinski definition) is 2. The number of sulfonamides is 1. The van der Waals surface area contributed by atoms with Crippen LogP contribution in [0.1, 0.15) is 145 Å². The van der Waals surface area contributed by atoms with Crippen LogP contribution in [0.15, 0.2) is 97.2 Å². The van der Waals surface area contributed by atoms with Crippen LogP contribution in [0, 0.1) is 56.7 Å². The van der Waals surface area contributed by atoms with Crippen molar-refractivity contribution in [1.82, 2.24) is 47.6 Å². The van der Waals surface area contributed by atoms with Crippen molar-refractivity contribution in [3.63, 3.8) is 0 Å². The first-order valence-electron chi connectivity index (χ1n) is 41.9. The molecule has 5 fully saturated rings. The van der Waals surface area contributed by atoms with E-state index in [0.29, 0.717) is 186 Å². The van der Waals surface area contributed by atoms with Gasteiger partial charge in [0, 0.05) is 176 Å². The molecule has 10 aromatic rings. The molecule has 9 heterocycles. The minimum absolute atomic E-state index is 0.175. The first-order chi connectivity index (χ1) is 61.0. The van der Waals surface area contributed by atoms with Crippen LogP contribution in [0.5, 0.6) is 0 Å². The number of amides is 2. The third-order valence-electron chi connectivity index (χ3n) is 22.1. The molecule has 0 bridgehead atoms. The molecule has 15 rings (SSSR count). The van der Waals surface area contributed by atoms with Crippen LogP contribution in [0.3, 0.4) is 0 Å². The van der Waals surface area contributed by atoms with Crippen molar-refractivity contribution in [1.29, 1.82) is 26.3 Å². The number of halogens is 16. The third kappa shape index (κ3) is 22.8. The summed E-state index contributed by atoms with van der Waals surface area (Å²) in [5.41, 5.74) is -0.874. The second kappa shape index (κ2) is 40.3. The average Bonchev–Trinajstić information content (AvgIpc) is 1.60. The van der Waals surface area contributed by atoms with Gasteiger partial charge in [-0.2, -0.15) is 96.5 Å². The maximum Gasteiger partial charge on any atom is 0.416 e. The number of aromatic nitrogens is 5. The molecule has 0 spiro atoms. The van der Waals surface area contributed by atoms with Gasteiger partial charge in [-0.3, -0.25) is 0 Å². The Labute approximate surface area is 746 Å². The lowest BCUT2D eigenvalue weighted by Gasteiger charge is -2.37. The number of aryl methyl sites for hydroxylation is 5. The van der Waals surface area contributed by atoms with Crippen molar-refractivity contribution in [2.75, 3.05) is 119 Å². The molecular formula is C89H98ClF15N18O6S. The molecule has 1 saturated carbocycles. The molecule has 4 saturated heterocycles. The van der Waals surface area contributed by atoms with E-state index < -0.39 is 80.4 Å². The molecule has 0 unspecified atom stereocenters. The van der Waals surface area contributed by atoms with Gasteiger partial charge in [-0.25, -0.2) is 18.0 Å². The van der Waals surface area contributed by atoms with Gasteiger partial charge < -0.3 is 67.4 Å². The Balaban J connectivity index is 0.000000166. The van der Waals surface area contributed by atoms with Crippen LogP contribution >= 0.6 is 11.6 Å². The summed E-state index contributed by atoms with van der Waals surface area (Å²) in [6, 6.07) is 27.6. The van der Waals surface area contributed by atoms with E-state index in [9.17, 15) is 99.6 Å². The predicted octanol–water partition coefficient (Wildman–Crippen LogP) is 19.3. The first-order valence-corrected chi connectivity index (χ1v) is 43.8. The summed E-state index contributed by atoms with van der Waals surface area (Å²) >= 11 is 5.98. The number of nitrogens with zero attached hydrogens (tertiary/aromatic N) is 16. The number of alkyl halides is 15. The molecule has 130 heavy (non-hydrogen) atoms. The molecular weight excluding hydrogens is 1770 g/mol. The topological polar surface area (TPSA) is 274 Å². The van der Waals surface area contributed by atoms with Gasteiger partial charge in [-0.05, 0) is 150 Å². The van der Waals surface area contributed by atoms with Crippen LogP contribution in [0.25, 0.3) is 54.5 Å². The van der Waals surface area contributed by atoms with Gasteiger partial charge in [0.15, 0.2) is 0 Å². The minimum Gasteiger partial charge on any atom is -0.444 e.